The molecule has 142 valence electrons. The zero-order valence-corrected chi connectivity index (χ0v) is 15.1. The van der Waals surface area contributed by atoms with Crippen LogP contribution in [0.5, 0.6) is 11.5 Å². The van der Waals surface area contributed by atoms with Crippen LogP contribution in [0.2, 0.25) is 0 Å². The van der Waals surface area contributed by atoms with Crippen molar-refractivity contribution in [3.63, 3.8) is 0 Å². The average molecular weight is 368 g/mol. The second kappa shape index (κ2) is 8.32. The fraction of sp³-hybridized carbons (Fsp3) is 0.556. The maximum atomic E-state index is 12.4. The molecule has 1 fully saturated rings. The largest absolute Gasteiger partial charge is 0.493 e. The van der Waals surface area contributed by atoms with Crippen molar-refractivity contribution in [2.75, 3.05) is 20.7 Å². The molecule has 26 heavy (non-hydrogen) atoms. The molecule has 8 heteroatoms. The van der Waals surface area contributed by atoms with Crippen LogP contribution in [0.3, 0.4) is 0 Å². The number of carbonyl (C=O) groups excluding carboxylic acids is 1. The quantitative estimate of drug-likeness (QED) is 0.685. The van der Waals surface area contributed by atoms with E-state index < -0.39 is 12.2 Å². The van der Waals surface area contributed by atoms with E-state index in [0.29, 0.717) is 6.54 Å². The van der Waals surface area contributed by atoms with Crippen LogP contribution in [0, 0.1) is 17.2 Å². The summed E-state index contributed by atoms with van der Waals surface area (Å²) in [5.74, 6) is 0.216. The topological polar surface area (TPSA) is 75.8 Å². The SMILES string of the molecule is COc1cc(C[NH+](C)CC(=O)N[C@](C)(C#N)C2CC2)ccc1OC(F)F. The van der Waals surface area contributed by atoms with E-state index in [2.05, 4.69) is 16.1 Å². The second-order valence-corrected chi connectivity index (χ2v) is 6.81. The van der Waals surface area contributed by atoms with Crippen LogP contribution in [0.1, 0.15) is 25.3 Å². The number of rotatable bonds is 9. The highest BCUT2D eigenvalue weighted by Gasteiger charge is 2.43. The smallest absolute Gasteiger partial charge is 0.387 e. The fourth-order valence-corrected chi connectivity index (χ4v) is 2.92. The van der Waals surface area contributed by atoms with Gasteiger partial charge in [0.15, 0.2) is 18.0 Å². The number of hydrogen-bond acceptors (Lipinski definition) is 4. The zero-order chi connectivity index (χ0) is 19.3. The number of quaternary nitrogens is 1. The van der Waals surface area contributed by atoms with Gasteiger partial charge in [-0.1, -0.05) is 0 Å². The number of hydrogen-bond donors (Lipinski definition) is 2. The van der Waals surface area contributed by atoms with Gasteiger partial charge in [-0.05, 0) is 43.9 Å². The summed E-state index contributed by atoms with van der Waals surface area (Å²) in [6.45, 7) is -0.481. The van der Waals surface area contributed by atoms with E-state index in [-0.39, 0.29) is 29.9 Å². The molecule has 0 heterocycles. The first kappa shape index (κ1) is 19.9. The lowest BCUT2D eigenvalue weighted by Gasteiger charge is -2.23. The van der Waals surface area contributed by atoms with Gasteiger partial charge in [-0.25, -0.2) is 0 Å². The third-order valence-electron chi connectivity index (χ3n) is 4.44. The summed E-state index contributed by atoms with van der Waals surface area (Å²) in [7, 11) is 3.22. The minimum absolute atomic E-state index is 0.0316. The van der Waals surface area contributed by atoms with Crippen LogP contribution in [0.4, 0.5) is 8.78 Å². The number of nitriles is 1. The Kier molecular flexibility index (Phi) is 6.37. The molecule has 0 aliphatic heterocycles. The number of ether oxygens (including phenoxy) is 2. The molecular weight excluding hydrogens is 344 g/mol. The Hall–Kier alpha value is -2.40. The van der Waals surface area contributed by atoms with Crippen molar-refractivity contribution >= 4 is 5.91 Å². The molecule has 0 spiro atoms. The summed E-state index contributed by atoms with van der Waals surface area (Å²) in [6.07, 6.45) is 1.92. The third-order valence-corrected chi connectivity index (χ3v) is 4.44. The molecule has 2 rings (SSSR count). The van der Waals surface area contributed by atoms with Crippen molar-refractivity contribution in [3.8, 4) is 17.6 Å². The lowest BCUT2D eigenvalue weighted by Crippen LogP contribution is -3.09. The molecule has 1 unspecified atom stereocenters. The van der Waals surface area contributed by atoms with Crippen LogP contribution < -0.4 is 19.7 Å². The van der Waals surface area contributed by atoms with Gasteiger partial charge < -0.3 is 19.7 Å². The van der Waals surface area contributed by atoms with Crippen LogP contribution in [0.25, 0.3) is 0 Å². The maximum Gasteiger partial charge on any atom is 0.387 e. The molecule has 0 radical (unpaired) electrons. The molecule has 1 aromatic rings. The van der Waals surface area contributed by atoms with E-state index >= 15 is 0 Å². The summed E-state index contributed by atoms with van der Waals surface area (Å²) in [5.41, 5.74) is 0.00785. The molecule has 2 N–H and O–H groups in total. The van der Waals surface area contributed by atoms with Crippen LogP contribution >= 0.6 is 0 Å². The van der Waals surface area contributed by atoms with E-state index in [0.717, 1.165) is 23.3 Å². The number of nitrogens with one attached hydrogen (secondary N) is 2. The van der Waals surface area contributed by atoms with Crippen molar-refractivity contribution in [3.05, 3.63) is 23.8 Å². The van der Waals surface area contributed by atoms with Gasteiger partial charge in [0.2, 0.25) is 0 Å². The first-order valence-corrected chi connectivity index (χ1v) is 8.42. The molecule has 0 saturated heterocycles. The summed E-state index contributed by atoms with van der Waals surface area (Å²) < 4.78 is 34.2. The van der Waals surface area contributed by atoms with Gasteiger partial charge in [0.1, 0.15) is 12.1 Å². The highest BCUT2D eigenvalue weighted by molar-refractivity contribution is 5.78. The van der Waals surface area contributed by atoms with Crippen LogP contribution in [-0.4, -0.2) is 38.8 Å². The first-order valence-electron chi connectivity index (χ1n) is 8.42. The Labute approximate surface area is 151 Å². The summed E-state index contributed by atoms with van der Waals surface area (Å²) in [6, 6.07) is 6.89. The molecule has 2 atom stereocenters. The number of carbonyl (C=O) groups is 1. The Bertz CT molecular complexity index is 689. The Balaban J connectivity index is 1.93. The van der Waals surface area contributed by atoms with Gasteiger partial charge in [-0.2, -0.15) is 14.0 Å². The van der Waals surface area contributed by atoms with Crippen molar-refractivity contribution < 1.29 is 27.9 Å². The van der Waals surface area contributed by atoms with Crippen molar-refractivity contribution in [1.29, 1.82) is 5.26 Å². The van der Waals surface area contributed by atoms with E-state index in [4.69, 9.17) is 4.74 Å². The highest BCUT2D eigenvalue weighted by Crippen LogP contribution is 2.39. The minimum atomic E-state index is -2.92. The van der Waals surface area contributed by atoms with Gasteiger partial charge in [-0.3, -0.25) is 4.79 Å². The molecule has 1 saturated carbocycles. The van der Waals surface area contributed by atoms with E-state index in [1.54, 1.807) is 19.1 Å². The van der Waals surface area contributed by atoms with Crippen LogP contribution in [-0.2, 0) is 11.3 Å². The lowest BCUT2D eigenvalue weighted by molar-refractivity contribution is -0.885. The number of likely N-dealkylation sites (N-methyl/N-ethyl adjacent to an activating group) is 1. The van der Waals surface area contributed by atoms with E-state index in [1.165, 1.54) is 13.2 Å². The van der Waals surface area contributed by atoms with Crippen molar-refractivity contribution in [2.24, 2.45) is 5.92 Å². The van der Waals surface area contributed by atoms with Crippen LogP contribution in [0.15, 0.2) is 18.2 Å². The normalized spacial score (nSPS) is 17.1. The first-order chi connectivity index (χ1) is 12.3. The number of methoxy groups -OCH3 is 1. The summed E-state index contributed by atoms with van der Waals surface area (Å²) in [5, 5.41) is 12.1. The number of alkyl halides is 2. The lowest BCUT2D eigenvalue weighted by atomic mass is 9.98. The summed E-state index contributed by atoms with van der Waals surface area (Å²) in [4.78, 5) is 13.1. The molecule has 1 aliphatic rings. The molecule has 1 aliphatic carbocycles. The third kappa shape index (κ3) is 5.30. The van der Waals surface area contributed by atoms with Crippen molar-refractivity contribution in [1.82, 2.24) is 5.32 Å². The number of halogens is 2. The van der Waals surface area contributed by atoms with E-state index in [9.17, 15) is 18.8 Å². The van der Waals surface area contributed by atoms with Gasteiger partial charge in [0, 0.05) is 5.56 Å². The van der Waals surface area contributed by atoms with Crippen molar-refractivity contribution in [2.45, 2.75) is 38.5 Å². The van der Waals surface area contributed by atoms with Gasteiger partial charge >= 0.3 is 6.61 Å². The zero-order valence-electron chi connectivity index (χ0n) is 15.1. The predicted molar refractivity (Wildman–Crippen MR) is 90.0 cm³/mol. The monoisotopic (exact) mass is 368 g/mol. The molecule has 6 nitrogen and oxygen atoms in total. The average Bonchev–Trinajstić information content (AvgIpc) is 3.40. The van der Waals surface area contributed by atoms with Gasteiger partial charge in [0.25, 0.3) is 5.91 Å². The van der Waals surface area contributed by atoms with E-state index in [1.807, 2.05) is 7.05 Å². The second-order valence-electron chi connectivity index (χ2n) is 6.81. The van der Waals surface area contributed by atoms with Gasteiger partial charge in [0.05, 0.1) is 20.2 Å². The summed E-state index contributed by atoms with van der Waals surface area (Å²) >= 11 is 0. The number of benzene rings is 1. The number of amides is 1. The van der Waals surface area contributed by atoms with Gasteiger partial charge in [-0.15, -0.1) is 0 Å². The standard InChI is InChI=1S/C18H23F2N3O3/c1-18(11-21,13-5-6-13)22-16(24)10-23(2)9-12-4-7-14(26-17(19)20)15(8-12)25-3/h4,7-8,13,17H,5-6,9-10H2,1-3H3,(H,22,24)/p+1/t18-/m1/s1. The molecular formula is C18H24F2N3O3+. The Morgan fingerprint density at radius 3 is 2.69 bits per heavy atom. The maximum absolute atomic E-state index is 12.4. The predicted octanol–water partition coefficient (Wildman–Crippen LogP) is 1.12. The highest BCUT2D eigenvalue weighted by atomic mass is 19.3. The molecule has 0 aromatic heterocycles. The molecule has 1 amide bonds. The fourth-order valence-electron chi connectivity index (χ4n) is 2.92. The minimum Gasteiger partial charge on any atom is -0.493 e. The number of nitrogens with zero attached hydrogens (tertiary/aromatic N) is 1. The Morgan fingerprint density at radius 1 is 1.46 bits per heavy atom. The Morgan fingerprint density at radius 2 is 2.15 bits per heavy atom. The molecule has 0 bridgehead atoms. The molecule has 1 aromatic carbocycles.